The molecule has 6 heteroatoms. The predicted octanol–water partition coefficient (Wildman–Crippen LogP) is 7.99. The zero-order chi connectivity index (χ0) is 25.2. The zero-order valence-electron chi connectivity index (χ0n) is 21.1. The fourth-order valence-electron chi connectivity index (χ4n) is 4.87. The summed E-state index contributed by atoms with van der Waals surface area (Å²) in [7, 11) is 1.68. The number of ether oxygens (including phenoxy) is 1. The molecule has 4 nitrogen and oxygen atoms in total. The first kappa shape index (κ1) is 27.0. The van der Waals surface area contributed by atoms with E-state index in [4.69, 9.17) is 14.8 Å². The Morgan fingerprint density at radius 1 is 1.00 bits per heavy atom. The molecule has 0 spiro atoms. The van der Waals surface area contributed by atoms with Crippen molar-refractivity contribution in [3.63, 3.8) is 0 Å². The van der Waals surface area contributed by atoms with Gasteiger partial charge in [0.2, 0.25) is 0 Å². The molecule has 0 atom stereocenters. The fraction of sp³-hybridized carbons (Fsp3) is 0.226. The van der Waals surface area contributed by atoms with E-state index in [9.17, 15) is 4.79 Å². The maximum Gasteiger partial charge on any atom is 0.155 e. The van der Waals surface area contributed by atoms with Crippen LogP contribution in [0.25, 0.3) is 42.2 Å². The van der Waals surface area contributed by atoms with Crippen molar-refractivity contribution in [1.29, 1.82) is 0 Å². The van der Waals surface area contributed by atoms with Crippen LogP contribution in [0.15, 0.2) is 66.6 Å². The SMILES string of the molecule is CC(=O)/C=C(/C)O.COc1c[c-]c(-c2nccc3cc4sc5cc6c(cc5c4cc23)CCCC6)cc1.[Ir]. The van der Waals surface area contributed by atoms with Gasteiger partial charge in [-0.25, -0.2) is 0 Å². The smallest absolute Gasteiger partial charge is 0.155 e. The molecule has 0 aliphatic heterocycles. The molecule has 1 aliphatic rings. The summed E-state index contributed by atoms with van der Waals surface area (Å²) < 4.78 is 8.04. The van der Waals surface area contributed by atoms with Gasteiger partial charge in [0.25, 0.3) is 0 Å². The van der Waals surface area contributed by atoms with Crippen LogP contribution in [0.1, 0.15) is 37.8 Å². The number of hydrogen-bond acceptors (Lipinski definition) is 5. The minimum atomic E-state index is -0.125. The summed E-state index contributed by atoms with van der Waals surface area (Å²) in [4.78, 5) is 14.7. The monoisotopic (exact) mass is 687 g/mol. The summed E-state index contributed by atoms with van der Waals surface area (Å²) in [6.07, 6.45) is 8.13. The maximum atomic E-state index is 10.0. The van der Waals surface area contributed by atoms with Crippen molar-refractivity contribution >= 4 is 48.1 Å². The van der Waals surface area contributed by atoms with Crippen LogP contribution in [0, 0.1) is 6.07 Å². The first-order chi connectivity index (χ1) is 17.4. The van der Waals surface area contributed by atoms with Crippen LogP contribution in [-0.4, -0.2) is 23.0 Å². The number of aryl methyl sites for hydroxylation is 2. The van der Waals surface area contributed by atoms with Crippen LogP contribution in [0.4, 0.5) is 0 Å². The number of aliphatic hydroxyl groups excluding tert-OH is 1. The largest absolute Gasteiger partial charge is 0.540 e. The average molecular weight is 687 g/mol. The molecule has 0 unspecified atom stereocenters. The number of carbonyl (C=O) groups excluding carboxylic acids is 1. The second kappa shape index (κ2) is 11.6. The van der Waals surface area contributed by atoms with Crippen molar-refractivity contribution in [1.82, 2.24) is 4.98 Å². The van der Waals surface area contributed by atoms with Gasteiger partial charge in [-0.05, 0) is 91.4 Å². The Labute approximate surface area is 234 Å². The van der Waals surface area contributed by atoms with Gasteiger partial charge in [-0.2, -0.15) is 0 Å². The Kier molecular flexibility index (Phi) is 8.43. The Morgan fingerprint density at radius 3 is 2.32 bits per heavy atom. The van der Waals surface area contributed by atoms with Gasteiger partial charge in [0.15, 0.2) is 5.78 Å². The van der Waals surface area contributed by atoms with Crippen LogP contribution in [0.2, 0.25) is 0 Å². The van der Waals surface area contributed by atoms with Crippen LogP contribution >= 0.6 is 11.3 Å². The first-order valence-corrected chi connectivity index (χ1v) is 13.0. The van der Waals surface area contributed by atoms with E-state index in [1.54, 1.807) is 18.2 Å². The minimum absolute atomic E-state index is 0. The normalized spacial score (nSPS) is 13.0. The molecule has 0 saturated heterocycles. The number of rotatable bonds is 3. The quantitative estimate of drug-likeness (QED) is 0.119. The van der Waals surface area contributed by atoms with Crippen molar-refractivity contribution in [2.24, 2.45) is 0 Å². The summed E-state index contributed by atoms with van der Waals surface area (Å²) >= 11 is 1.91. The van der Waals surface area contributed by atoms with E-state index in [1.807, 2.05) is 35.7 Å². The maximum absolute atomic E-state index is 10.0. The Morgan fingerprint density at radius 2 is 1.70 bits per heavy atom. The van der Waals surface area contributed by atoms with Crippen molar-refractivity contribution in [3.8, 4) is 17.0 Å². The van der Waals surface area contributed by atoms with E-state index in [0.29, 0.717) is 0 Å². The second-order valence-electron chi connectivity index (χ2n) is 9.19. The van der Waals surface area contributed by atoms with Crippen LogP contribution in [-0.2, 0) is 37.7 Å². The third kappa shape index (κ3) is 5.77. The Hall–Kier alpha value is -3.05. The third-order valence-corrected chi connectivity index (χ3v) is 7.62. The number of aliphatic hydroxyl groups is 1. The van der Waals surface area contributed by atoms with Crippen molar-refractivity contribution < 1.29 is 34.7 Å². The number of carbonyl (C=O) groups is 1. The van der Waals surface area contributed by atoms with Crippen LogP contribution in [0.5, 0.6) is 5.75 Å². The Bertz CT molecular complexity index is 1620. The minimum Gasteiger partial charge on any atom is -0.540 e. The van der Waals surface area contributed by atoms with Gasteiger partial charge in [0, 0.05) is 58.3 Å². The molecule has 37 heavy (non-hydrogen) atoms. The number of methoxy groups -OCH3 is 1. The number of hydrogen-bond donors (Lipinski definition) is 1. The molecule has 6 rings (SSSR count). The van der Waals surface area contributed by atoms with Crippen molar-refractivity contribution in [2.75, 3.05) is 7.11 Å². The summed E-state index contributed by atoms with van der Waals surface area (Å²) in [5, 5.41) is 13.5. The van der Waals surface area contributed by atoms with E-state index in [2.05, 4.69) is 36.4 Å². The molecule has 5 aromatic rings. The molecular formula is C31H28IrNO3S-. The first-order valence-electron chi connectivity index (χ1n) is 12.1. The summed E-state index contributed by atoms with van der Waals surface area (Å²) in [6, 6.07) is 20.9. The van der Waals surface area contributed by atoms with Gasteiger partial charge >= 0.3 is 0 Å². The molecule has 0 fully saturated rings. The molecule has 0 saturated carbocycles. The van der Waals surface area contributed by atoms with Crippen molar-refractivity contribution in [2.45, 2.75) is 39.5 Å². The molecule has 2 heterocycles. The molecule has 191 valence electrons. The standard InChI is InChI=1S/C26H20NOS.C5H8O2.Ir/c1-28-20-8-6-16(7-9-20)26-21-15-23-22-12-17-4-2-3-5-18(17)13-24(22)29-25(23)14-19(21)10-11-27-26;1-4(6)3-5(2)7;/h6,8-15H,2-5H2,1H3;3,6H,1-2H3;/q-1;;/b;4-3-;. The number of thiophene rings is 1. The number of allylic oxidation sites excluding steroid dienone is 2. The van der Waals surface area contributed by atoms with E-state index in [-0.39, 0.29) is 31.6 Å². The number of benzene rings is 3. The molecule has 1 radical (unpaired) electrons. The summed E-state index contributed by atoms with van der Waals surface area (Å²) in [6.45, 7) is 2.85. The number of nitrogens with zero attached hydrogens (tertiary/aromatic N) is 1. The fourth-order valence-corrected chi connectivity index (χ4v) is 6.05. The summed E-state index contributed by atoms with van der Waals surface area (Å²) in [5.74, 6) is 0.748. The van der Waals surface area contributed by atoms with Gasteiger partial charge in [0.05, 0.1) is 12.9 Å². The molecule has 0 amide bonds. The molecule has 1 aliphatic carbocycles. The van der Waals surface area contributed by atoms with Gasteiger partial charge < -0.3 is 14.8 Å². The second-order valence-corrected chi connectivity index (χ2v) is 10.3. The average Bonchev–Trinajstić information content (AvgIpc) is 3.21. The molecule has 3 aromatic carbocycles. The van der Waals surface area contributed by atoms with E-state index in [0.717, 1.165) is 17.0 Å². The van der Waals surface area contributed by atoms with E-state index in [1.165, 1.54) is 76.6 Å². The van der Waals surface area contributed by atoms with Gasteiger partial charge in [-0.15, -0.1) is 41.2 Å². The van der Waals surface area contributed by atoms with Gasteiger partial charge in [-0.3, -0.25) is 4.79 Å². The third-order valence-electron chi connectivity index (χ3n) is 6.51. The molecular weight excluding hydrogens is 659 g/mol. The number of pyridine rings is 1. The molecule has 1 N–H and O–H groups in total. The van der Waals surface area contributed by atoms with E-state index >= 15 is 0 Å². The Balaban J connectivity index is 0.000000356. The number of aromatic nitrogens is 1. The van der Waals surface area contributed by atoms with Crippen molar-refractivity contribution in [3.05, 3.63) is 83.8 Å². The zero-order valence-corrected chi connectivity index (χ0v) is 24.3. The predicted molar refractivity (Wildman–Crippen MR) is 149 cm³/mol. The molecule has 2 aromatic heterocycles. The number of fused-ring (bicyclic) bond motifs is 5. The molecule has 0 bridgehead atoms. The van der Waals surface area contributed by atoms with Crippen LogP contribution < -0.4 is 4.74 Å². The number of ketones is 1. The van der Waals surface area contributed by atoms with E-state index < -0.39 is 0 Å². The van der Waals surface area contributed by atoms with Gasteiger partial charge in [0.1, 0.15) is 0 Å². The van der Waals surface area contributed by atoms with Gasteiger partial charge in [-0.1, -0.05) is 6.07 Å². The summed E-state index contributed by atoms with van der Waals surface area (Å²) in [5.41, 5.74) is 5.06. The topological polar surface area (TPSA) is 59.4 Å². The van der Waals surface area contributed by atoms with Crippen LogP contribution in [0.3, 0.4) is 0 Å².